The topological polar surface area (TPSA) is 45.2 Å². The van der Waals surface area contributed by atoms with Crippen LogP contribution in [0.2, 0.25) is 0 Å². The van der Waals surface area contributed by atoms with E-state index < -0.39 is 0 Å². The average molecular weight is 349 g/mol. The Hall–Kier alpha value is -2.53. The fourth-order valence-electron chi connectivity index (χ4n) is 3.04. The summed E-state index contributed by atoms with van der Waals surface area (Å²) in [5.74, 6) is 2.04. The van der Waals surface area contributed by atoms with E-state index in [0.717, 1.165) is 46.9 Å². The number of para-hydroxylation sites is 2. The molecule has 1 aliphatic rings. The van der Waals surface area contributed by atoms with E-state index in [1.807, 2.05) is 71.3 Å². The van der Waals surface area contributed by atoms with Gasteiger partial charge in [0.05, 0.1) is 16.8 Å². The van der Waals surface area contributed by atoms with Crippen molar-refractivity contribution in [2.24, 2.45) is 0 Å². The SMILES string of the molecule is O=C(c1cnc2ccccc2c1Nc1ccccc1)N1CCSCC1. The number of hydrogen-bond donors (Lipinski definition) is 1. The molecule has 3 aromatic rings. The van der Waals surface area contributed by atoms with E-state index >= 15 is 0 Å². The first-order valence-electron chi connectivity index (χ1n) is 8.40. The zero-order valence-corrected chi connectivity index (χ0v) is 14.6. The third-order valence-corrected chi connectivity index (χ3v) is 5.29. The lowest BCUT2D eigenvalue weighted by molar-refractivity contribution is 0.0773. The van der Waals surface area contributed by atoms with Gasteiger partial charge in [0.25, 0.3) is 5.91 Å². The summed E-state index contributed by atoms with van der Waals surface area (Å²) in [5.41, 5.74) is 3.31. The van der Waals surface area contributed by atoms with Gasteiger partial charge in [-0.2, -0.15) is 11.8 Å². The third kappa shape index (κ3) is 3.33. The number of pyridine rings is 1. The summed E-state index contributed by atoms with van der Waals surface area (Å²) < 4.78 is 0. The van der Waals surface area contributed by atoms with E-state index in [1.54, 1.807) is 6.20 Å². The van der Waals surface area contributed by atoms with Crippen LogP contribution < -0.4 is 5.32 Å². The standard InChI is InChI=1S/C20H19N3OS/c24-20(23-10-12-25-13-11-23)17-14-21-18-9-5-4-8-16(18)19(17)22-15-6-2-1-3-7-15/h1-9,14H,10-13H2,(H,21,22). The molecule has 1 amide bonds. The van der Waals surface area contributed by atoms with Gasteiger partial charge in [0.2, 0.25) is 0 Å². The number of carbonyl (C=O) groups is 1. The minimum absolute atomic E-state index is 0.0528. The van der Waals surface area contributed by atoms with Crippen LogP contribution in [0.4, 0.5) is 11.4 Å². The van der Waals surface area contributed by atoms with Crippen molar-refractivity contribution in [3.05, 3.63) is 66.4 Å². The number of rotatable bonds is 3. The quantitative estimate of drug-likeness (QED) is 0.771. The molecule has 0 atom stereocenters. The number of nitrogens with zero attached hydrogens (tertiary/aromatic N) is 2. The van der Waals surface area contributed by atoms with Gasteiger partial charge in [0.1, 0.15) is 0 Å². The fraction of sp³-hybridized carbons (Fsp3) is 0.200. The molecular weight excluding hydrogens is 330 g/mol. The molecule has 1 aliphatic heterocycles. The van der Waals surface area contributed by atoms with Crippen LogP contribution >= 0.6 is 11.8 Å². The van der Waals surface area contributed by atoms with Crippen LogP contribution in [0.5, 0.6) is 0 Å². The van der Waals surface area contributed by atoms with Crippen molar-refractivity contribution in [1.82, 2.24) is 9.88 Å². The van der Waals surface area contributed by atoms with Crippen molar-refractivity contribution in [2.75, 3.05) is 29.9 Å². The van der Waals surface area contributed by atoms with E-state index in [-0.39, 0.29) is 5.91 Å². The number of aromatic nitrogens is 1. The molecule has 0 bridgehead atoms. The molecular formula is C20H19N3OS. The molecule has 126 valence electrons. The third-order valence-electron chi connectivity index (χ3n) is 4.35. The summed E-state index contributed by atoms with van der Waals surface area (Å²) in [5, 5.41) is 4.40. The lowest BCUT2D eigenvalue weighted by Gasteiger charge is -2.27. The van der Waals surface area contributed by atoms with Crippen LogP contribution in [-0.2, 0) is 0 Å². The number of fused-ring (bicyclic) bond motifs is 1. The molecule has 0 unspecified atom stereocenters. The van der Waals surface area contributed by atoms with Crippen LogP contribution in [0.25, 0.3) is 10.9 Å². The Morgan fingerprint density at radius 1 is 1.00 bits per heavy atom. The fourth-order valence-corrected chi connectivity index (χ4v) is 3.94. The highest BCUT2D eigenvalue weighted by Gasteiger charge is 2.22. The number of amides is 1. The Balaban J connectivity index is 1.80. The molecule has 1 fully saturated rings. The molecule has 0 spiro atoms. The van der Waals surface area contributed by atoms with Crippen LogP contribution in [0.3, 0.4) is 0 Å². The van der Waals surface area contributed by atoms with Gasteiger partial charge in [-0.3, -0.25) is 9.78 Å². The summed E-state index contributed by atoms with van der Waals surface area (Å²) in [6.45, 7) is 1.59. The van der Waals surface area contributed by atoms with Gasteiger partial charge in [0.15, 0.2) is 0 Å². The molecule has 5 heteroatoms. The van der Waals surface area contributed by atoms with Gasteiger partial charge < -0.3 is 10.2 Å². The minimum atomic E-state index is 0.0528. The number of carbonyl (C=O) groups excluding carboxylic acids is 1. The monoisotopic (exact) mass is 349 g/mol. The second kappa shape index (κ2) is 7.15. The maximum absolute atomic E-state index is 13.1. The minimum Gasteiger partial charge on any atom is -0.354 e. The lowest BCUT2D eigenvalue weighted by atomic mass is 10.1. The van der Waals surface area contributed by atoms with Gasteiger partial charge >= 0.3 is 0 Å². The molecule has 0 aliphatic carbocycles. The molecule has 25 heavy (non-hydrogen) atoms. The number of thioether (sulfide) groups is 1. The Morgan fingerprint density at radius 3 is 2.52 bits per heavy atom. The summed E-state index contributed by atoms with van der Waals surface area (Å²) in [6, 6.07) is 17.9. The molecule has 4 nitrogen and oxygen atoms in total. The van der Waals surface area contributed by atoms with Gasteiger partial charge in [-0.05, 0) is 18.2 Å². The van der Waals surface area contributed by atoms with Crippen LogP contribution in [-0.4, -0.2) is 40.4 Å². The predicted octanol–water partition coefficient (Wildman–Crippen LogP) is 4.17. The number of benzene rings is 2. The van der Waals surface area contributed by atoms with Crippen molar-refractivity contribution < 1.29 is 4.79 Å². The van der Waals surface area contributed by atoms with Crippen molar-refractivity contribution in [1.29, 1.82) is 0 Å². The largest absolute Gasteiger partial charge is 0.354 e. The maximum Gasteiger partial charge on any atom is 0.257 e. The summed E-state index contributed by atoms with van der Waals surface area (Å²) in [4.78, 5) is 19.5. The van der Waals surface area contributed by atoms with Crippen LogP contribution in [0, 0.1) is 0 Å². The van der Waals surface area contributed by atoms with Crippen LogP contribution in [0.15, 0.2) is 60.8 Å². The van der Waals surface area contributed by atoms with E-state index in [4.69, 9.17) is 0 Å². The summed E-state index contributed by atoms with van der Waals surface area (Å²) in [6.07, 6.45) is 1.71. The highest BCUT2D eigenvalue weighted by Crippen LogP contribution is 2.30. The van der Waals surface area contributed by atoms with E-state index in [2.05, 4.69) is 10.3 Å². The Morgan fingerprint density at radius 2 is 1.72 bits per heavy atom. The highest BCUT2D eigenvalue weighted by atomic mass is 32.2. The molecule has 1 aromatic heterocycles. The summed E-state index contributed by atoms with van der Waals surface area (Å²) >= 11 is 1.90. The van der Waals surface area contributed by atoms with E-state index in [0.29, 0.717) is 5.56 Å². The van der Waals surface area contributed by atoms with Gasteiger partial charge in [-0.1, -0.05) is 36.4 Å². The summed E-state index contributed by atoms with van der Waals surface area (Å²) in [7, 11) is 0. The molecule has 1 saturated heterocycles. The van der Waals surface area contributed by atoms with Crippen LogP contribution in [0.1, 0.15) is 10.4 Å². The zero-order valence-electron chi connectivity index (χ0n) is 13.8. The second-order valence-corrected chi connectivity index (χ2v) is 7.18. The number of nitrogens with one attached hydrogen (secondary N) is 1. The predicted molar refractivity (Wildman–Crippen MR) is 105 cm³/mol. The molecule has 1 N–H and O–H groups in total. The maximum atomic E-state index is 13.1. The average Bonchev–Trinajstić information content (AvgIpc) is 2.69. The Kier molecular flexibility index (Phi) is 4.57. The van der Waals surface area contributed by atoms with Crippen molar-refractivity contribution in [3.63, 3.8) is 0 Å². The second-order valence-electron chi connectivity index (χ2n) is 5.96. The first kappa shape index (κ1) is 16.0. The molecule has 4 rings (SSSR count). The highest BCUT2D eigenvalue weighted by molar-refractivity contribution is 7.99. The molecule has 0 saturated carbocycles. The Labute approximate surface area is 151 Å². The van der Waals surface area contributed by atoms with Gasteiger partial charge in [-0.25, -0.2) is 0 Å². The molecule has 0 radical (unpaired) electrons. The first-order valence-corrected chi connectivity index (χ1v) is 9.55. The zero-order chi connectivity index (χ0) is 17.1. The van der Waals surface area contributed by atoms with Crippen molar-refractivity contribution >= 4 is 39.9 Å². The normalized spacial score (nSPS) is 14.5. The van der Waals surface area contributed by atoms with E-state index in [9.17, 15) is 4.79 Å². The number of hydrogen-bond acceptors (Lipinski definition) is 4. The lowest BCUT2D eigenvalue weighted by Crippen LogP contribution is -2.38. The smallest absolute Gasteiger partial charge is 0.257 e. The Bertz CT molecular complexity index is 892. The molecule has 2 heterocycles. The van der Waals surface area contributed by atoms with Gasteiger partial charge in [0, 0.05) is 41.9 Å². The van der Waals surface area contributed by atoms with Gasteiger partial charge in [-0.15, -0.1) is 0 Å². The van der Waals surface area contributed by atoms with E-state index in [1.165, 1.54) is 0 Å². The molecule has 2 aromatic carbocycles. The van der Waals surface area contributed by atoms with Crippen molar-refractivity contribution in [2.45, 2.75) is 0 Å². The first-order chi connectivity index (χ1) is 12.3. The van der Waals surface area contributed by atoms with Crippen molar-refractivity contribution in [3.8, 4) is 0 Å². The number of anilines is 2.